The van der Waals surface area contributed by atoms with Gasteiger partial charge in [0.05, 0.1) is 28.9 Å². The Bertz CT molecular complexity index is 321. The van der Waals surface area contributed by atoms with Crippen LogP contribution >= 0.6 is 0 Å². The fourth-order valence-corrected chi connectivity index (χ4v) is 2.61. The van der Waals surface area contributed by atoms with Crippen LogP contribution in [-0.2, 0) is 20.5 Å². The van der Waals surface area contributed by atoms with E-state index in [9.17, 15) is 14.1 Å². The second-order valence-electron chi connectivity index (χ2n) is 5.86. The van der Waals surface area contributed by atoms with Gasteiger partial charge in [0.25, 0.3) is 0 Å². The summed E-state index contributed by atoms with van der Waals surface area (Å²) in [6.45, 7) is 10.5. The van der Waals surface area contributed by atoms with Crippen LogP contribution < -0.4 is 4.72 Å². The third-order valence-electron chi connectivity index (χ3n) is 2.66. The predicted octanol–water partition coefficient (Wildman–Crippen LogP) is 0.987. The molecule has 0 aromatic heterocycles. The molecule has 0 fully saturated rings. The Morgan fingerprint density at radius 3 is 2.00 bits per heavy atom. The van der Waals surface area contributed by atoms with Crippen LogP contribution in [-0.4, -0.2) is 38.8 Å². The van der Waals surface area contributed by atoms with Gasteiger partial charge in [-0.3, -0.25) is 0 Å². The highest BCUT2D eigenvalue weighted by Gasteiger charge is 2.43. The highest BCUT2D eigenvalue weighted by molar-refractivity contribution is 7.84. The molecule has 1 unspecified atom stereocenters. The number of hydrogen-bond donors (Lipinski definition) is 2. The van der Waals surface area contributed by atoms with Gasteiger partial charge in [-0.05, 0) is 33.6 Å². The molecule has 0 heterocycles. The minimum Gasteiger partial charge on any atom is -0.467 e. The lowest BCUT2D eigenvalue weighted by molar-refractivity contribution is -0.164. The molecule has 0 bridgehead atoms. The third-order valence-corrected chi connectivity index (χ3v) is 4.24. The number of methoxy groups -OCH3 is 1. The van der Waals surface area contributed by atoms with E-state index in [0.717, 1.165) is 0 Å². The van der Waals surface area contributed by atoms with Crippen molar-refractivity contribution in [1.82, 2.24) is 4.72 Å². The normalized spacial score (nSPS) is 19.2. The molecule has 0 aliphatic heterocycles. The summed E-state index contributed by atoms with van der Waals surface area (Å²) in [5.74, 6) is -0.815. The average Bonchev–Trinajstić information content (AvgIpc) is 2.21. The first-order valence-electron chi connectivity index (χ1n) is 5.93. The van der Waals surface area contributed by atoms with Gasteiger partial charge < -0.3 is 9.84 Å². The molecule has 0 aromatic carbocycles. The van der Waals surface area contributed by atoms with Crippen molar-refractivity contribution in [2.24, 2.45) is 5.92 Å². The molecule has 0 aliphatic rings. The van der Waals surface area contributed by atoms with Crippen molar-refractivity contribution in [3.8, 4) is 0 Å². The molecule has 6 heteroatoms. The van der Waals surface area contributed by atoms with Crippen molar-refractivity contribution in [3.63, 3.8) is 0 Å². The molecule has 0 spiro atoms. The topological polar surface area (TPSA) is 75.6 Å². The minimum absolute atomic E-state index is 0.0783. The minimum atomic E-state index is -1.72. The molecular weight excluding hydrogens is 254 g/mol. The van der Waals surface area contributed by atoms with Crippen molar-refractivity contribution in [2.75, 3.05) is 7.11 Å². The number of hydrogen-bond acceptors (Lipinski definition) is 4. The van der Waals surface area contributed by atoms with Gasteiger partial charge in [0.1, 0.15) is 0 Å². The Balaban J connectivity index is 5.11. The lowest BCUT2D eigenvalue weighted by atomic mass is 9.88. The smallest absolute Gasteiger partial charge is 0.339 e. The number of carbonyl (C=O) groups excluding carboxylic acids is 1. The van der Waals surface area contributed by atoms with Crippen LogP contribution in [0.4, 0.5) is 0 Å². The van der Waals surface area contributed by atoms with E-state index < -0.39 is 33.3 Å². The molecule has 2 N–H and O–H groups in total. The van der Waals surface area contributed by atoms with Crippen LogP contribution in [0.15, 0.2) is 0 Å². The fourth-order valence-electron chi connectivity index (χ4n) is 1.53. The number of aliphatic hydroxyl groups is 1. The van der Waals surface area contributed by atoms with Crippen molar-refractivity contribution >= 4 is 17.0 Å². The zero-order valence-electron chi connectivity index (χ0n) is 12.2. The zero-order valence-corrected chi connectivity index (χ0v) is 13.1. The predicted molar refractivity (Wildman–Crippen MR) is 72.3 cm³/mol. The molecule has 0 amide bonds. The number of nitrogens with one attached hydrogen (secondary N) is 1. The summed E-state index contributed by atoms with van der Waals surface area (Å²) in [5.41, 5.74) is -1.72. The van der Waals surface area contributed by atoms with E-state index in [1.807, 2.05) is 34.6 Å². The summed E-state index contributed by atoms with van der Waals surface area (Å²) in [6.07, 6.45) is 0. The SMILES string of the molecule is COC(=O)[C@](C)(O)[C@H](NS(=O)C(C)(C)C)C(C)C. The van der Waals surface area contributed by atoms with Crippen LogP contribution in [0.2, 0.25) is 0 Å². The van der Waals surface area contributed by atoms with Gasteiger partial charge in [-0.2, -0.15) is 0 Å². The van der Waals surface area contributed by atoms with Gasteiger partial charge in [-0.1, -0.05) is 13.8 Å². The van der Waals surface area contributed by atoms with E-state index in [-0.39, 0.29) is 5.92 Å². The summed E-state index contributed by atoms with van der Waals surface area (Å²) in [4.78, 5) is 11.6. The summed E-state index contributed by atoms with van der Waals surface area (Å²) in [7, 11) is -0.154. The van der Waals surface area contributed by atoms with E-state index in [1.54, 1.807) is 0 Å². The van der Waals surface area contributed by atoms with Gasteiger partial charge in [-0.15, -0.1) is 0 Å². The summed E-state index contributed by atoms with van der Waals surface area (Å²) in [6, 6.07) is -0.648. The molecule has 0 radical (unpaired) electrons. The maximum atomic E-state index is 12.1. The van der Waals surface area contributed by atoms with Crippen LogP contribution in [0, 0.1) is 5.92 Å². The standard InChI is InChI=1S/C12H25NO4S/c1-8(2)9(12(6,15)10(14)17-7)13-18(16)11(3,4)5/h8-9,13,15H,1-7H3/t9-,12-,18?/m1/s1. The largest absolute Gasteiger partial charge is 0.467 e. The Morgan fingerprint density at radius 1 is 1.28 bits per heavy atom. The first kappa shape index (κ1) is 17.5. The molecule has 0 saturated carbocycles. The number of esters is 1. The Labute approximate surface area is 112 Å². The molecule has 0 aromatic rings. The third kappa shape index (κ3) is 4.33. The first-order chi connectivity index (χ1) is 7.94. The highest BCUT2D eigenvalue weighted by Crippen LogP contribution is 2.21. The molecule has 0 saturated heterocycles. The average molecular weight is 279 g/mol. The van der Waals surface area contributed by atoms with Gasteiger partial charge in [0.2, 0.25) is 0 Å². The molecule has 0 rings (SSSR count). The second-order valence-corrected chi connectivity index (χ2v) is 7.86. The zero-order chi connectivity index (χ0) is 14.7. The Hall–Kier alpha value is -0.460. The summed E-state index contributed by atoms with van der Waals surface area (Å²) in [5, 5.41) is 10.3. The number of ether oxygens (including phenoxy) is 1. The monoisotopic (exact) mass is 279 g/mol. The molecule has 108 valence electrons. The molecule has 0 aliphatic carbocycles. The lowest BCUT2D eigenvalue weighted by Gasteiger charge is -2.35. The van der Waals surface area contributed by atoms with Gasteiger partial charge in [-0.25, -0.2) is 13.7 Å². The Kier molecular flexibility index (Phi) is 5.97. The van der Waals surface area contributed by atoms with E-state index in [4.69, 9.17) is 0 Å². The number of carbonyl (C=O) groups is 1. The van der Waals surface area contributed by atoms with E-state index in [0.29, 0.717) is 0 Å². The molecular formula is C12H25NO4S. The van der Waals surface area contributed by atoms with E-state index in [2.05, 4.69) is 9.46 Å². The number of rotatable bonds is 5. The van der Waals surface area contributed by atoms with Gasteiger partial charge in [0, 0.05) is 0 Å². The van der Waals surface area contributed by atoms with Crippen LogP contribution in [0.1, 0.15) is 41.5 Å². The summed E-state index contributed by atoms with van der Waals surface area (Å²) >= 11 is 0. The van der Waals surface area contributed by atoms with Crippen molar-refractivity contribution in [1.29, 1.82) is 0 Å². The second kappa shape index (κ2) is 6.12. The fraction of sp³-hybridized carbons (Fsp3) is 0.917. The van der Waals surface area contributed by atoms with Gasteiger partial charge in [0.15, 0.2) is 5.60 Å². The van der Waals surface area contributed by atoms with E-state index >= 15 is 0 Å². The Morgan fingerprint density at radius 2 is 1.72 bits per heavy atom. The van der Waals surface area contributed by atoms with Gasteiger partial charge >= 0.3 is 5.97 Å². The van der Waals surface area contributed by atoms with Crippen molar-refractivity contribution < 1.29 is 18.8 Å². The quantitative estimate of drug-likeness (QED) is 0.736. The van der Waals surface area contributed by atoms with Crippen LogP contribution in [0.5, 0.6) is 0 Å². The van der Waals surface area contributed by atoms with E-state index in [1.165, 1.54) is 14.0 Å². The maximum absolute atomic E-state index is 12.1. The molecule has 5 nitrogen and oxygen atoms in total. The van der Waals surface area contributed by atoms with Crippen molar-refractivity contribution in [2.45, 2.75) is 57.9 Å². The molecule has 18 heavy (non-hydrogen) atoms. The summed E-state index contributed by atoms with van der Waals surface area (Å²) < 4.78 is 19.0. The van der Waals surface area contributed by atoms with Crippen LogP contribution in [0.25, 0.3) is 0 Å². The first-order valence-corrected chi connectivity index (χ1v) is 7.08. The lowest BCUT2D eigenvalue weighted by Crippen LogP contribution is -2.58. The highest BCUT2D eigenvalue weighted by atomic mass is 32.2. The molecule has 3 atom stereocenters. The van der Waals surface area contributed by atoms with Crippen molar-refractivity contribution in [3.05, 3.63) is 0 Å². The van der Waals surface area contributed by atoms with Crippen LogP contribution in [0.3, 0.4) is 0 Å². The maximum Gasteiger partial charge on any atom is 0.339 e.